The molecule has 0 saturated heterocycles. The first-order valence-corrected chi connectivity index (χ1v) is 10.8. The fourth-order valence-electron chi connectivity index (χ4n) is 3.44. The number of ether oxygens (including phenoxy) is 1. The smallest absolute Gasteiger partial charge is 0.260 e. The highest BCUT2D eigenvalue weighted by molar-refractivity contribution is 5.93. The second-order valence-corrected chi connectivity index (χ2v) is 7.86. The molecule has 2 amide bonds. The van der Waals surface area contributed by atoms with E-state index >= 15 is 0 Å². The molecule has 0 fully saturated rings. The molecule has 0 N–H and O–H groups in total. The molecule has 0 bridgehead atoms. The van der Waals surface area contributed by atoms with Crippen molar-refractivity contribution >= 4 is 11.8 Å². The molecule has 0 atom stereocenters. The predicted molar refractivity (Wildman–Crippen MR) is 127 cm³/mol. The number of benzene rings is 3. The SMILES string of the molecule is CCN(Cc1ccc(C(=O)N(C)C)cc1)C(=O)COc1ccccc1Cc1ccccc1. The van der Waals surface area contributed by atoms with E-state index in [0.29, 0.717) is 18.7 Å². The Morgan fingerprint density at radius 3 is 2.12 bits per heavy atom. The first-order chi connectivity index (χ1) is 15.5. The van der Waals surface area contributed by atoms with Gasteiger partial charge >= 0.3 is 0 Å². The number of carbonyl (C=O) groups is 2. The molecule has 3 rings (SSSR count). The van der Waals surface area contributed by atoms with Gasteiger partial charge in [0.2, 0.25) is 0 Å². The molecule has 0 saturated carbocycles. The van der Waals surface area contributed by atoms with Crippen LogP contribution in [0.25, 0.3) is 0 Å². The summed E-state index contributed by atoms with van der Waals surface area (Å²) in [6.45, 7) is 2.98. The van der Waals surface area contributed by atoms with Crippen LogP contribution < -0.4 is 4.74 Å². The van der Waals surface area contributed by atoms with Gasteiger partial charge in [0.15, 0.2) is 6.61 Å². The molecule has 3 aromatic rings. The van der Waals surface area contributed by atoms with Crippen LogP contribution in [0.3, 0.4) is 0 Å². The number of carbonyl (C=O) groups excluding carboxylic acids is 2. The van der Waals surface area contributed by atoms with E-state index in [2.05, 4.69) is 12.1 Å². The second kappa shape index (κ2) is 11.1. The quantitative estimate of drug-likeness (QED) is 0.505. The minimum absolute atomic E-state index is 0.0170. The molecule has 5 nitrogen and oxygen atoms in total. The molecule has 0 aliphatic carbocycles. The summed E-state index contributed by atoms with van der Waals surface area (Å²) in [7, 11) is 3.46. The van der Waals surface area contributed by atoms with E-state index in [0.717, 1.165) is 23.3 Å². The highest BCUT2D eigenvalue weighted by Crippen LogP contribution is 2.21. The summed E-state index contributed by atoms with van der Waals surface area (Å²) in [6.07, 6.45) is 0.751. The third kappa shape index (κ3) is 6.20. The Labute approximate surface area is 190 Å². The minimum Gasteiger partial charge on any atom is -0.483 e. The van der Waals surface area contributed by atoms with E-state index in [-0.39, 0.29) is 18.4 Å². The van der Waals surface area contributed by atoms with E-state index in [9.17, 15) is 9.59 Å². The molecule has 5 heteroatoms. The van der Waals surface area contributed by atoms with Crippen molar-refractivity contribution in [3.63, 3.8) is 0 Å². The van der Waals surface area contributed by atoms with Crippen LogP contribution in [-0.4, -0.2) is 48.9 Å². The summed E-state index contributed by atoms with van der Waals surface area (Å²) in [6, 6.07) is 25.4. The molecule has 0 aliphatic heterocycles. The third-order valence-electron chi connectivity index (χ3n) is 5.28. The topological polar surface area (TPSA) is 49.9 Å². The molecule has 0 heterocycles. The number of amides is 2. The van der Waals surface area contributed by atoms with Gasteiger partial charge in [0, 0.05) is 39.2 Å². The lowest BCUT2D eigenvalue weighted by Crippen LogP contribution is -2.34. The van der Waals surface area contributed by atoms with E-state index in [1.807, 2.05) is 61.5 Å². The zero-order valence-corrected chi connectivity index (χ0v) is 19.0. The molecular weight excluding hydrogens is 400 g/mol. The van der Waals surface area contributed by atoms with Gasteiger partial charge in [-0.25, -0.2) is 0 Å². The maximum atomic E-state index is 12.8. The lowest BCUT2D eigenvalue weighted by molar-refractivity contribution is -0.133. The Hall–Kier alpha value is -3.60. The van der Waals surface area contributed by atoms with Crippen LogP contribution in [0.5, 0.6) is 5.75 Å². The standard InChI is InChI=1S/C27H30N2O3/c1-4-29(19-22-14-16-23(17-15-22)27(31)28(2)3)26(30)20-32-25-13-9-8-12-24(25)18-21-10-6-5-7-11-21/h5-17H,4,18-20H2,1-3H3. The number of nitrogens with zero attached hydrogens (tertiary/aromatic N) is 2. The fourth-order valence-corrected chi connectivity index (χ4v) is 3.44. The molecule has 0 spiro atoms. The van der Waals surface area contributed by atoms with Gasteiger partial charge in [-0.15, -0.1) is 0 Å². The van der Waals surface area contributed by atoms with Crippen LogP contribution in [0.15, 0.2) is 78.9 Å². The lowest BCUT2D eigenvalue weighted by atomic mass is 10.0. The lowest BCUT2D eigenvalue weighted by Gasteiger charge is -2.22. The summed E-state index contributed by atoms with van der Waals surface area (Å²) >= 11 is 0. The number of para-hydroxylation sites is 1. The summed E-state index contributed by atoms with van der Waals surface area (Å²) in [5, 5.41) is 0. The first-order valence-electron chi connectivity index (χ1n) is 10.8. The highest BCUT2D eigenvalue weighted by Gasteiger charge is 2.15. The Bertz CT molecular complexity index is 1030. The normalized spacial score (nSPS) is 10.5. The Morgan fingerprint density at radius 2 is 1.47 bits per heavy atom. The molecular formula is C27H30N2O3. The van der Waals surface area contributed by atoms with E-state index in [4.69, 9.17) is 4.74 Å². The van der Waals surface area contributed by atoms with Crippen molar-refractivity contribution in [2.45, 2.75) is 19.9 Å². The minimum atomic E-state index is -0.0736. The molecule has 0 aromatic heterocycles. The van der Waals surface area contributed by atoms with Crippen molar-refractivity contribution in [3.8, 4) is 5.75 Å². The molecule has 0 radical (unpaired) electrons. The molecule has 0 unspecified atom stereocenters. The van der Waals surface area contributed by atoms with Crippen LogP contribution >= 0.6 is 0 Å². The number of hydrogen-bond donors (Lipinski definition) is 0. The Morgan fingerprint density at radius 1 is 0.812 bits per heavy atom. The van der Waals surface area contributed by atoms with Crippen LogP contribution in [0.1, 0.15) is 34.0 Å². The van der Waals surface area contributed by atoms with Gasteiger partial charge in [0.25, 0.3) is 11.8 Å². The van der Waals surface area contributed by atoms with Crippen LogP contribution in [0, 0.1) is 0 Å². The fraction of sp³-hybridized carbons (Fsp3) is 0.259. The van der Waals surface area contributed by atoms with Gasteiger partial charge in [-0.05, 0) is 41.8 Å². The van der Waals surface area contributed by atoms with Gasteiger partial charge in [0.1, 0.15) is 5.75 Å². The molecule has 3 aromatic carbocycles. The maximum Gasteiger partial charge on any atom is 0.260 e. The highest BCUT2D eigenvalue weighted by atomic mass is 16.5. The van der Waals surface area contributed by atoms with Crippen molar-refractivity contribution in [3.05, 3.63) is 101 Å². The van der Waals surface area contributed by atoms with Crippen molar-refractivity contribution in [1.29, 1.82) is 0 Å². The average Bonchev–Trinajstić information content (AvgIpc) is 2.82. The second-order valence-electron chi connectivity index (χ2n) is 7.86. The largest absolute Gasteiger partial charge is 0.483 e. The van der Waals surface area contributed by atoms with Gasteiger partial charge in [0.05, 0.1) is 0 Å². The summed E-state index contributed by atoms with van der Waals surface area (Å²) in [5.41, 5.74) is 3.85. The van der Waals surface area contributed by atoms with Crippen LogP contribution in [-0.2, 0) is 17.8 Å². The molecule has 166 valence electrons. The number of rotatable bonds is 9. The van der Waals surface area contributed by atoms with Gasteiger partial charge in [-0.2, -0.15) is 0 Å². The van der Waals surface area contributed by atoms with Gasteiger partial charge in [-0.1, -0.05) is 60.7 Å². The van der Waals surface area contributed by atoms with E-state index in [1.54, 1.807) is 36.0 Å². The van der Waals surface area contributed by atoms with Crippen molar-refractivity contribution in [2.24, 2.45) is 0 Å². The van der Waals surface area contributed by atoms with Crippen LogP contribution in [0.2, 0.25) is 0 Å². The van der Waals surface area contributed by atoms with E-state index < -0.39 is 0 Å². The maximum absolute atomic E-state index is 12.8. The summed E-state index contributed by atoms with van der Waals surface area (Å²) < 4.78 is 5.93. The first kappa shape index (κ1) is 23.1. The summed E-state index contributed by atoms with van der Waals surface area (Å²) in [4.78, 5) is 28.2. The van der Waals surface area contributed by atoms with Crippen molar-refractivity contribution in [2.75, 3.05) is 27.2 Å². The van der Waals surface area contributed by atoms with Gasteiger partial charge < -0.3 is 14.5 Å². The average molecular weight is 431 g/mol. The van der Waals surface area contributed by atoms with Crippen LogP contribution in [0.4, 0.5) is 0 Å². The summed E-state index contributed by atoms with van der Waals surface area (Å²) in [5.74, 6) is 0.616. The zero-order valence-electron chi connectivity index (χ0n) is 19.0. The molecule has 0 aliphatic rings. The molecule has 32 heavy (non-hydrogen) atoms. The number of hydrogen-bond acceptors (Lipinski definition) is 3. The van der Waals surface area contributed by atoms with Gasteiger partial charge in [-0.3, -0.25) is 9.59 Å². The van der Waals surface area contributed by atoms with Crippen molar-refractivity contribution in [1.82, 2.24) is 9.80 Å². The van der Waals surface area contributed by atoms with Crippen molar-refractivity contribution < 1.29 is 14.3 Å². The Kier molecular flexibility index (Phi) is 8.03. The monoisotopic (exact) mass is 430 g/mol. The van der Waals surface area contributed by atoms with E-state index in [1.165, 1.54) is 5.56 Å². The Balaban J connectivity index is 1.61. The zero-order chi connectivity index (χ0) is 22.9. The predicted octanol–water partition coefficient (Wildman–Crippen LogP) is 4.41. The third-order valence-corrected chi connectivity index (χ3v) is 5.28. The number of likely N-dealkylation sites (N-methyl/N-ethyl adjacent to an activating group) is 1.